The highest BCUT2D eigenvalue weighted by Crippen LogP contribution is 2.52. The van der Waals surface area contributed by atoms with E-state index in [-0.39, 0.29) is 25.0 Å². The third-order valence-corrected chi connectivity index (χ3v) is 4.91. The summed E-state index contributed by atoms with van der Waals surface area (Å²) in [5, 5.41) is 9.60. The van der Waals surface area contributed by atoms with Gasteiger partial charge in [0.2, 0.25) is 0 Å². The molecule has 1 rings (SSSR count). The van der Waals surface area contributed by atoms with Crippen LogP contribution in [0, 0.1) is 0 Å². The minimum Gasteiger partial charge on any atom is -0.369 e. The Hall–Kier alpha value is -1.66. The van der Waals surface area contributed by atoms with Crippen molar-refractivity contribution in [1.82, 2.24) is 0 Å². The molecule has 13 heteroatoms. The standard InChI is InChI=1S/C18H18F12O/c1-3-9(4-2)10-5-11(13(16(22,23)24)8-14(19,20)21)7-12(6-10)15(31,17(25,26)27)18(28,29)30/h5-7,9,13,31H,3-4,8H2,1-2H3. The molecule has 0 amide bonds. The molecule has 0 aliphatic heterocycles. The van der Waals surface area contributed by atoms with Crippen LogP contribution in [0.15, 0.2) is 18.2 Å². The van der Waals surface area contributed by atoms with Gasteiger partial charge in [0.1, 0.15) is 0 Å². The van der Waals surface area contributed by atoms with Gasteiger partial charge in [0, 0.05) is 5.56 Å². The molecule has 0 aliphatic rings. The van der Waals surface area contributed by atoms with E-state index >= 15 is 0 Å². The van der Waals surface area contributed by atoms with Gasteiger partial charge in [-0.3, -0.25) is 0 Å². The zero-order chi connectivity index (χ0) is 24.6. The van der Waals surface area contributed by atoms with Gasteiger partial charge >= 0.3 is 24.7 Å². The Balaban J connectivity index is 3.96. The summed E-state index contributed by atoms with van der Waals surface area (Å²) in [5.41, 5.74) is -9.52. The maximum atomic E-state index is 13.3. The van der Waals surface area contributed by atoms with Crippen LogP contribution in [0.2, 0.25) is 0 Å². The summed E-state index contributed by atoms with van der Waals surface area (Å²) in [7, 11) is 0. The van der Waals surface area contributed by atoms with Crippen LogP contribution in [0.5, 0.6) is 0 Å². The first-order chi connectivity index (χ1) is 13.7. The Labute approximate surface area is 169 Å². The molecule has 0 heterocycles. The number of aliphatic hydroxyl groups is 1. The first kappa shape index (κ1) is 27.4. The molecule has 31 heavy (non-hydrogen) atoms. The van der Waals surface area contributed by atoms with Gasteiger partial charge in [-0.05, 0) is 29.9 Å². The molecule has 1 unspecified atom stereocenters. The van der Waals surface area contributed by atoms with Gasteiger partial charge in [0.05, 0.1) is 12.3 Å². The zero-order valence-electron chi connectivity index (χ0n) is 16.0. The monoisotopic (exact) mass is 478 g/mol. The van der Waals surface area contributed by atoms with Crippen LogP contribution >= 0.6 is 0 Å². The Morgan fingerprint density at radius 3 is 1.45 bits per heavy atom. The number of alkyl halides is 12. The van der Waals surface area contributed by atoms with E-state index in [1.807, 2.05) is 0 Å². The smallest absolute Gasteiger partial charge is 0.369 e. The molecule has 0 bridgehead atoms. The summed E-state index contributed by atoms with van der Waals surface area (Å²) in [6, 6.07) is 0.443. The van der Waals surface area contributed by atoms with E-state index in [2.05, 4.69) is 0 Å². The lowest BCUT2D eigenvalue weighted by Crippen LogP contribution is -2.54. The van der Waals surface area contributed by atoms with Gasteiger partial charge in [0.25, 0.3) is 5.60 Å². The molecule has 0 saturated heterocycles. The zero-order valence-corrected chi connectivity index (χ0v) is 16.0. The second-order valence-electron chi connectivity index (χ2n) is 7.02. The van der Waals surface area contributed by atoms with E-state index < -0.39 is 65.3 Å². The fraction of sp³-hybridized carbons (Fsp3) is 0.667. The Morgan fingerprint density at radius 2 is 1.13 bits per heavy atom. The molecule has 0 aromatic heterocycles. The fourth-order valence-corrected chi connectivity index (χ4v) is 3.22. The first-order valence-electron chi connectivity index (χ1n) is 8.83. The molecule has 0 fully saturated rings. The third-order valence-electron chi connectivity index (χ3n) is 4.91. The van der Waals surface area contributed by atoms with E-state index in [9.17, 15) is 57.8 Å². The number of hydrogen-bond acceptors (Lipinski definition) is 1. The van der Waals surface area contributed by atoms with E-state index in [1.165, 1.54) is 13.8 Å². The molecule has 0 saturated carbocycles. The molecular weight excluding hydrogens is 460 g/mol. The highest BCUT2D eigenvalue weighted by molar-refractivity contribution is 5.39. The topological polar surface area (TPSA) is 20.2 Å². The summed E-state index contributed by atoms with van der Waals surface area (Å²) >= 11 is 0. The Kier molecular flexibility index (Phi) is 7.68. The summed E-state index contributed by atoms with van der Waals surface area (Å²) < 4.78 is 158. The van der Waals surface area contributed by atoms with Crippen LogP contribution < -0.4 is 0 Å². The van der Waals surface area contributed by atoms with Crippen molar-refractivity contribution in [2.24, 2.45) is 0 Å². The minimum absolute atomic E-state index is 0.0613. The average molecular weight is 478 g/mol. The maximum Gasteiger partial charge on any atom is 0.430 e. The van der Waals surface area contributed by atoms with Crippen LogP contribution in [-0.2, 0) is 5.60 Å². The number of rotatable bonds is 6. The predicted octanol–water partition coefficient (Wildman–Crippen LogP) is 7.50. The number of benzene rings is 1. The lowest BCUT2D eigenvalue weighted by Gasteiger charge is -2.34. The normalized spacial score (nSPS) is 15.5. The summed E-state index contributed by atoms with van der Waals surface area (Å²) in [6.45, 7) is 2.88. The van der Waals surface area contributed by atoms with E-state index in [0.29, 0.717) is 6.07 Å². The predicted molar refractivity (Wildman–Crippen MR) is 85.2 cm³/mol. The van der Waals surface area contributed by atoms with Crippen LogP contribution in [-0.4, -0.2) is 29.8 Å². The molecule has 0 aliphatic carbocycles. The van der Waals surface area contributed by atoms with Crippen molar-refractivity contribution in [1.29, 1.82) is 0 Å². The summed E-state index contributed by atoms with van der Waals surface area (Å²) in [4.78, 5) is 0. The van der Waals surface area contributed by atoms with Crippen molar-refractivity contribution < 1.29 is 57.8 Å². The lowest BCUT2D eigenvalue weighted by molar-refractivity contribution is -0.376. The fourth-order valence-electron chi connectivity index (χ4n) is 3.22. The van der Waals surface area contributed by atoms with E-state index in [4.69, 9.17) is 0 Å². The molecule has 0 spiro atoms. The van der Waals surface area contributed by atoms with E-state index in [0.717, 1.165) is 0 Å². The molecule has 0 radical (unpaired) electrons. The van der Waals surface area contributed by atoms with Crippen molar-refractivity contribution >= 4 is 0 Å². The quantitative estimate of drug-likeness (QED) is 0.420. The molecule has 1 atom stereocenters. The second kappa shape index (κ2) is 8.70. The Morgan fingerprint density at radius 1 is 0.710 bits per heavy atom. The highest BCUT2D eigenvalue weighted by Gasteiger charge is 2.71. The molecular formula is C18H18F12O. The van der Waals surface area contributed by atoms with Crippen molar-refractivity contribution in [3.8, 4) is 0 Å². The van der Waals surface area contributed by atoms with Gasteiger partial charge in [-0.2, -0.15) is 52.7 Å². The third kappa shape index (κ3) is 5.98. The van der Waals surface area contributed by atoms with Crippen LogP contribution in [0.3, 0.4) is 0 Å². The minimum atomic E-state index is -6.41. The van der Waals surface area contributed by atoms with Gasteiger partial charge in [-0.15, -0.1) is 0 Å². The maximum absolute atomic E-state index is 13.3. The van der Waals surface area contributed by atoms with Gasteiger partial charge in [-0.25, -0.2) is 0 Å². The SMILES string of the molecule is CCC(CC)c1cc(C(CC(F)(F)F)C(F)(F)F)cc(C(O)(C(F)(F)F)C(F)(F)F)c1. The van der Waals surface area contributed by atoms with Crippen molar-refractivity contribution in [3.05, 3.63) is 34.9 Å². The molecule has 180 valence electrons. The van der Waals surface area contributed by atoms with Gasteiger partial charge in [0.15, 0.2) is 0 Å². The summed E-state index contributed by atoms with van der Waals surface area (Å²) in [6.07, 6.45) is -26.3. The lowest BCUT2D eigenvalue weighted by atomic mass is 9.82. The highest BCUT2D eigenvalue weighted by atomic mass is 19.4. The first-order valence-corrected chi connectivity index (χ1v) is 8.83. The molecule has 1 aromatic rings. The Bertz CT molecular complexity index is 724. The number of hydrogen-bond donors (Lipinski definition) is 1. The average Bonchev–Trinajstić information content (AvgIpc) is 2.56. The number of halogens is 12. The summed E-state index contributed by atoms with van der Waals surface area (Å²) in [5.74, 6) is -4.28. The van der Waals surface area contributed by atoms with E-state index in [1.54, 1.807) is 0 Å². The van der Waals surface area contributed by atoms with Gasteiger partial charge < -0.3 is 5.11 Å². The van der Waals surface area contributed by atoms with Gasteiger partial charge in [-0.1, -0.05) is 32.0 Å². The second-order valence-corrected chi connectivity index (χ2v) is 7.02. The largest absolute Gasteiger partial charge is 0.430 e. The van der Waals surface area contributed by atoms with Crippen LogP contribution in [0.25, 0.3) is 0 Å². The molecule has 1 nitrogen and oxygen atoms in total. The molecule has 1 N–H and O–H groups in total. The van der Waals surface area contributed by atoms with Crippen molar-refractivity contribution in [2.75, 3.05) is 0 Å². The van der Waals surface area contributed by atoms with Crippen molar-refractivity contribution in [3.63, 3.8) is 0 Å². The van der Waals surface area contributed by atoms with Crippen molar-refractivity contribution in [2.45, 2.75) is 75.3 Å². The van der Waals surface area contributed by atoms with Crippen LogP contribution in [0.1, 0.15) is 61.6 Å². The molecule has 1 aromatic carbocycles. The van der Waals surface area contributed by atoms with Crippen LogP contribution in [0.4, 0.5) is 52.7 Å².